The zero-order valence-electron chi connectivity index (χ0n) is 11.0. The molecule has 4 aromatic rings. The van der Waals surface area contributed by atoms with Gasteiger partial charge in [0.25, 0.3) is 0 Å². The van der Waals surface area contributed by atoms with Crippen molar-refractivity contribution in [3.05, 3.63) is 63.2 Å². The zero-order valence-corrected chi connectivity index (χ0v) is 12.6. The maximum Gasteiger partial charge on any atom is 0.348 e. The fraction of sp³-hybridized carbons (Fsp3) is 0. The first kappa shape index (κ1) is 13.1. The van der Waals surface area contributed by atoms with E-state index in [0.29, 0.717) is 22.6 Å². The normalized spacial score (nSPS) is 11.4. The minimum absolute atomic E-state index is 0.334. The van der Waals surface area contributed by atoms with Gasteiger partial charge in [-0.3, -0.25) is 0 Å². The van der Waals surface area contributed by atoms with Crippen molar-refractivity contribution >= 4 is 32.5 Å². The van der Waals surface area contributed by atoms with Crippen molar-refractivity contribution in [1.82, 2.24) is 19.6 Å². The lowest BCUT2D eigenvalue weighted by Gasteiger charge is -2.00. The van der Waals surface area contributed by atoms with E-state index in [1.54, 1.807) is 12.1 Å². The molecule has 0 aliphatic carbocycles. The Labute approximate surface area is 131 Å². The second-order valence-corrected chi connectivity index (χ2v) is 5.62. The van der Waals surface area contributed by atoms with Crippen molar-refractivity contribution in [1.29, 1.82) is 0 Å². The molecule has 0 saturated carbocycles. The van der Waals surface area contributed by atoms with Crippen molar-refractivity contribution in [2.75, 3.05) is 0 Å². The van der Waals surface area contributed by atoms with E-state index < -0.39 is 0 Å². The van der Waals surface area contributed by atoms with Gasteiger partial charge in [0.15, 0.2) is 11.5 Å². The van der Waals surface area contributed by atoms with E-state index in [2.05, 4.69) is 31.0 Å². The monoisotopic (exact) mass is 358 g/mol. The van der Waals surface area contributed by atoms with Gasteiger partial charge in [0, 0.05) is 15.4 Å². The summed E-state index contributed by atoms with van der Waals surface area (Å²) >= 11 is 3.41. The van der Waals surface area contributed by atoms with Gasteiger partial charge in [-0.15, -0.1) is 5.10 Å². The highest BCUT2D eigenvalue weighted by atomic mass is 79.9. The summed E-state index contributed by atoms with van der Waals surface area (Å²) in [5.74, 6) is 0.0396. The highest BCUT2D eigenvalue weighted by Gasteiger charge is 2.13. The molecule has 0 atom stereocenters. The van der Waals surface area contributed by atoms with Crippen LogP contribution in [0.3, 0.4) is 0 Å². The van der Waals surface area contributed by atoms with Crippen LogP contribution >= 0.6 is 15.9 Å². The molecule has 2 aromatic heterocycles. The number of hydrogen-bond acceptors (Lipinski definition) is 3. The van der Waals surface area contributed by atoms with Crippen molar-refractivity contribution in [2.45, 2.75) is 0 Å². The molecule has 0 amide bonds. The Kier molecular flexibility index (Phi) is 2.83. The standard InChI is InChI=1S/C15H8BrFN4O/c16-11-3-1-2-10-12(11)18-15(22)21-14(10)19-13(20-21)8-4-6-9(17)7-5-8/h1-7H,(H,18,22). The van der Waals surface area contributed by atoms with Gasteiger partial charge in [-0.25, -0.2) is 14.2 Å². The number of fused-ring (bicyclic) bond motifs is 3. The van der Waals surface area contributed by atoms with Crippen LogP contribution in [0.1, 0.15) is 0 Å². The third kappa shape index (κ3) is 1.93. The van der Waals surface area contributed by atoms with Crippen molar-refractivity contribution < 1.29 is 4.39 Å². The molecule has 1 N–H and O–H groups in total. The molecule has 22 heavy (non-hydrogen) atoms. The molecule has 2 heterocycles. The minimum atomic E-state index is -0.379. The number of nitrogens with zero attached hydrogens (tertiary/aromatic N) is 3. The molecule has 5 nitrogen and oxygen atoms in total. The Hall–Kier alpha value is -2.54. The maximum absolute atomic E-state index is 13.0. The minimum Gasteiger partial charge on any atom is -0.304 e. The first-order valence-corrected chi connectivity index (χ1v) is 7.26. The fourth-order valence-corrected chi connectivity index (χ4v) is 2.81. The number of aromatic nitrogens is 4. The SMILES string of the molecule is O=c1[nH]c2c(Br)cccc2c2nc(-c3ccc(F)cc3)nn12. The summed E-state index contributed by atoms with van der Waals surface area (Å²) in [5, 5.41) is 4.99. The number of para-hydroxylation sites is 1. The van der Waals surface area contributed by atoms with Crippen LogP contribution in [-0.4, -0.2) is 19.6 Å². The van der Waals surface area contributed by atoms with Crippen LogP contribution in [0, 0.1) is 5.82 Å². The summed E-state index contributed by atoms with van der Waals surface area (Å²) in [6.07, 6.45) is 0. The number of aromatic amines is 1. The van der Waals surface area contributed by atoms with Gasteiger partial charge in [0.05, 0.1) is 5.52 Å². The van der Waals surface area contributed by atoms with Crippen LogP contribution in [0.4, 0.5) is 4.39 Å². The van der Waals surface area contributed by atoms with Crippen LogP contribution in [0.15, 0.2) is 51.7 Å². The molecular weight excluding hydrogens is 351 g/mol. The molecule has 0 fully saturated rings. The summed E-state index contributed by atoms with van der Waals surface area (Å²) < 4.78 is 15.0. The molecular formula is C15H8BrFN4O. The number of nitrogens with one attached hydrogen (secondary N) is 1. The van der Waals surface area contributed by atoms with E-state index in [4.69, 9.17) is 0 Å². The van der Waals surface area contributed by atoms with Gasteiger partial charge < -0.3 is 4.98 Å². The van der Waals surface area contributed by atoms with Gasteiger partial charge in [-0.2, -0.15) is 4.52 Å². The van der Waals surface area contributed by atoms with Crippen molar-refractivity contribution in [2.24, 2.45) is 0 Å². The van der Waals surface area contributed by atoms with E-state index in [0.717, 1.165) is 9.86 Å². The molecule has 0 saturated heterocycles. The molecule has 0 unspecified atom stereocenters. The lowest BCUT2D eigenvalue weighted by molar-refractivity contribution is 0.628. The van der Waals surface area contributed by atoms with Crippen molar-refractivity contribution in [3.8, 4) is 11.4 Å². The molecule has 7 heteroatoms. The van der Waals surface area contributed by atoms with Gasteiger partial charge in [-0.1, -0.05) is 6.07 Å². The molecule has 0 aliphatic heterocycles. The maximum atomic E-state index is 13.0. The Morgan fingerprint density at radius 1 is 1.14 bits per heavy atom. The predicted molar refractivity (Wildman–Crippen MR) is 84.2 cm³/mol. The second kappa shape index (κ2) is 4.74. The quantitative estimate of drug-likeness (QED) is 0.568. The molecule has 0 bridgehead atoms. The summed E-state index contributed by atoms with van der Waals surface area (Å²) in [6, 6.07) is 11.4. The third-order valence-corrected chi connectivity index (χ3v) is 4.05. The number of benzene rings is 2. The van der Waals surface area contributed by atoms with E-state index in [1.807, 2.05) is 18.2 Å². The van der Waals surface area contributed by atoms with Crippen LogP contribution in [0.25, 0.3) is 27.9 Å². The Balaban J connectivity index is 2.07. The molecule has 4 rings (SSSR count). The van der Waals surface area contributed by atoms with E-state index in [1.165, 1.54) is 16.6 Å². The predicted octanol–water partition coefficient (Wildman–Crippen LogP) is 3.14. The van der Waals surface area contributed by atoms with Gasteiger partial charge in [-0.05, 0) is 52.3 Å². The zero-order chi connectivity index (χ0) is 15.3. The Bertz CT molecular complexity index is 1070. The topological polar surface area (TPSA) is 63.0 Å². The smallest absolute Gasteiger partial charge is 0.304 e. The number of halogens is 2. The summed E-state index contributed by atoms with van der Waals surface area (Å²) in [5.41, 5.74) is 1.39. The summed E-state index contributed by atoms with van der Waals surface area (Å²) in [4.78, 5) is 19.4. The van der Waals surface area contributed by atoms with Crippen LogP contribution in [0.5, 0.6) is 0 Å². The first-order valence-electron chi connectivity index (χ1n) is 6.47. The van der Waals surface area contributed by atoms with Crippen molar-refractivity contribution in [3.63, 3.8) is 0 Å². The van der Waals surface area contributed by atoms with E-state index >= 15 is 0 Å². The number of H-pyrrole nitrogens is 1. The van der Waals surface area contributed by atoms with E-state index in [9.17, 15) is 9.18 Å². The number of rotatable bonds is 1. The largest absolute Gasteiger partial charge is 0.348 e. The lowest BCUT2D eigenvalue weighted by Crippen LogP contribution is -2.17. The van der Waals surface area contributed by atoms with Crippen LogP contribution in [-0.2, 0) is 0 Å². The molecule has 0 radical (unpaired) electrons. The van der Waals surface area contributed by atoms with E-state index in [-0.39, 0.29) is 11.5 Å². The summed E-state index contributed by atoms with van der Waals surface area (Å²) in [7, 11) is 0. The van der Waals surface area contributed by atoms with Crippen LogP contribution < -0.4 is 5.69 Å². The molecule has 0 aliphatic rings. The Morgan fingerprint density at radius 2 is 1.91 bits per heavy atom. The first-order chi connectivity index (χ1) is 10.6. The highest BCUT2D eigenvalue weighted by Crippen LogP contribution is 2.24. The van der Waals surface area contributed by atoms with Crippen LogP contribution in [0.2, 0.25) is 0 Å². The van der Waals surface area contributed by atoms with Gasteiger partial charge >= 0.3 is 5.69 Å². The highest BCUT2D eigenvalue weighted by molar-refractivity contribution is 9.10. The Morgan fingerprint density at radius 3 is 2.68 bits per heavy atom. The third-order valence-electron chi connectivity index (χ3n) is 3.39. The average Bonchev–Trinajstić information content (AvgIpc) is 2.95. The lowest BCUT2D eigenvalue weighted by atomic mass is 10.2. The fourth-order valence-electron chi connectivity index (χ4n) is 2.35. The number of hydrogen-bond donors (Lipinski definition) is 1. The molecule has 108 valence electrons. The average molecular weight is 359 g/mol. The molecule has 2 aromatic carbocycles. The van der Waals surface area contributed by atoms with Gasteiger partial charge in [0.2, 0.25) is 0 Å². The second-order valence-electron chi connectivity index (χ2n) is 4.77. The van der Waals surface area contributed by atoms with Gasteiger partial charge in [0.1, 0.15) is 5.82 Å². The molecule has 0 spiro atoms. The summed E-state index contributed by atoms with van der Waals surface area (Å²) in [6.45, 7) is 0.